The van der Waals surface area contributed by atoms with Crippen molar-refractivity contribution in [2.45, 2.75) is 26.8 Å². The van der Waals surface area contributed by atoms with Crippen LogP contribution in [0.2, 0.25) is 0 Å². The van der Waals surface area contributed by atoms with E-state index in [1.54, 1.807) is 12.1 Å². The van der Waals surface area contributed by atoms with E-state index in [9.17, 15) is 9.18 Å². The predicted molar refractivity (Wildman–Crippen MR) is 90.5 cm³/mol. The summed E-state index contributed by atoms with van der Waals surface area (Å²) in [5.41, 5.74) is 1.87. The maximum atomic E-state index is 13.0. The molecule has 0 atom stereocenters. The molecule has 0 aliphatic heterocycles. The largest absolute Gasteiger partial charge is 0.351 e. The van der Waals surface area contributed by atoms with E-state index in [0.717, 1.165) is 27.9 Å². The number of nitrogens with one attached hydrogen (secondary N) is 1. The molecular formula is C17H18FN3OS. The van der Waals surface area contributed by atoms with E-state index in [0.29, 0.717) is 18.0 Å². The minimum Gasteiger partial charge on any atom is -0.351 e. The van der Waals surface area contributed by atoms with Crippen molar-refractivity contribution in [3.05, 3.63) is 52.3 Å². The van der Waals surface area contributed by atoms with Gasteiger partial charge in [-0.3, -0.25) is 9.48 Å². The van der Waals surface area contributed by atoms with Crippen LogP contribution in [0, 0.1) is 12.7 Å². The van der Waals surface area contributed by atoms with E-state index in [2.05, 4.69) is 10.4 Å². The molecule has 1 N–H and O–H groups in total. The van der Waals surface area contributed by atoms with Crippen LogP contribution in [-0.2, 0) is 6.54 Å². The Morgan fingerprint density at radius 2 is 2.09 bits per heavy atom. The number of thiophene rings is 1. The molecule has 0 spiro atoms. The molecule has 1 amide bonds. The lowest BCUT2D eigenvalue weighted by Crippen LogP contribution is -2.22. The van der Waals surface area contributed by atoms with Crippen LogP contribution >= 0.6 is 11.3 Å². The number of aryl methyl sites for hydroxylation is 1. The number of halogens is 1. The molecular weight excluding hydrogens is 313 g/mol. The molecule has 3 aromatic rings. The van der Waals surface area contributed by atoms with Crippen molar-refractivity contribution in [1.29, 1.82) is 0 Å². The lowest BCUT2D eigenvalue weighted by atomic mass is 10.2. The summed E-state index contributed by atoms with van der Waals surface area (Å²) >= 11 is 1.44. The van der Waals surface area contributed by atoms with Crippen molar-refractivity contribution >= 4 is 27.5 Å². The number of fused-ring (bicyclic) bond motifs is 1. The van der Waals surface area contributed by atoms with Gasteiger partial charge >= 0.3 is 0 Å². The standard InChI is InChI=1S/C17H18FN3OS/c1-3-8-19-16(22)15-9-14-11(2)20-21(17(14)23-15)10-12-4-6-13(18)7-5-12/h4-7,9H,3,8,10H2,1-2H3,(H,19,22). The van der Waals surface area contributed by atoms with E-state index in [1.165, 1.54) is 23.5 Å². The molecule has 1 aromatic carbocycles. The second-order valence-corrected chi connectivity index (χ2v) is 6.49. The molecule has 0 saturated carbocycles. The van der Waals surface area contributed by atoms with Crippen molar-refractivity contribution in [1.82, 2.24) is 15.1 Å². The maximum Gasteiger partial charge on any atom is 0.261 e. The first-order valence-corrected chi connectivity index (χ1v) is 8.39. The van der Waals surface area contributed by atoms with E-state index < -0.39 is 0 Å². The van der Waals surface area contributed by atoms with Gasteiger partial charge in [0, 0.05) is 11.9 Å². The van der Waals surface area contributed by atoms with E-state index in [1.807, 2.05) is 24.6 Å². The lowest BCUT2D eigenvalue weighted by Gasteiger charge is -2.03. The molecule has 2 aromatic heterocycles. The summed E-state index contributed by atoms with van der Waals surface area (Å²) in [7, 11) is 0. The first-order chi connectivity index (χ1) is 11.1. The number of aromatic nitrogens is 2. The second-order valence-electron chi connectivity index (χ2n) is 5.45. The molecule has 0 saturated heterocycles. The third-order valence-corrected chi connectivity index (χ3v) is 4.76. The van der Waals surface area contributed by atoms with Crippen molar-refractivity contribution in [2.24, 2.45) is 0 Å². The highest BCUT2D eigenvalue weighted by Gasteiger charge is 2.16. The molecule has 0 aliphatic rings. The van der Waals surface area contributed by atoms with Gasteiger partial charge in [-0.25, -0.2) is 4.39 Å². The molecule has 0 radical (unpaired) electrons. The number of amides is 1. The highest BCUT2D eigenvalue weighted by Crippen LogP contribution is 2.28. The zero-order valence-corrected chi connectivity index (χ0v) is 13.9. The number of hydrogen-bond donors (Lipinski definition) is 1. The van der Waals surface area contributed by atoms with Crippen LogP contribution in [0.25, 0.3) is 10.2 Å². The average molecular weight is 331 g/mol. The van der Waals surface area contributed by atoms with Crippen LogP contribution < -0.4 is 5.32 Å². The fraction of sp³-hybridized carbons (Fsp3) is 0.294. The Labute approximate surface area is 137 Å². The first-order valence-electron chi connectivity index (χ1n) is 7.58. The molecule has 0 bridgehead atoms. The Morgan fingerprint density at radius 3 is 2.78 bits per heavy atom. The summed E-state index contributed by atoms with van der Waals surface area (Å²) in [4.78, 5) is 13.8. The van der Waals surface area contributed by atoms with E-state index in [-0.39, 0.29) is 11.7 Å². The third kappa shape index (κ3) is 3.27. The van der Waals surface area contributed by atoms with Crippen molar-refractivity contribution in [3.8, 4) is 0 Å². The summed E-state index contributed by atoms with van der Waals surface area (Å²) in [6.07, 6.45) is 0.911. The third-order valence-electron chi connectivity index (χ3n) is 3.61. The van der Waals surface area contributed by atoms with E-state index in [4.69, 9.17) is 0 Å². The van der Waals surface area contributed by atoms with Crippen LogP contribution in [0.5, 0.6) is 0 Å². The summed E-state index contributed by atoms with van der Waals surface area (Å²) in [5.74, 6) is -0.290. The predicted octanol–water partition coefficient (Wildman–Crippen LogP) is 3.73. The minimum atomic E-state index is -0.249. The second kappa shape index (κ2) is 6.50. The number of hydrogen-bond acceptors (Lipinski definition) is 3. The highest BCUT2D eigenvalue weighted by molar-refractivity contribution is 7.20. The highest BCUT2D eigenvalue weighted by atomic mass is 32.1. The smallest absolute Gasteiger partial charge is 0.261 e. The van der Waals surface area contributed by atoms with Gasteiger partial charge in [-0.15, -0.1) is 11.3 Å². The van der Waals surface area contributed by atoms with Crippen LogP contribution in [0.4, 0.5) is 4.39 Å². The number of carbonyl (C=O) groups excluding carboxylic acids is 1. The Hall–Kier alpha value is -2.21. The van der Waals surface area contributed by atoms with Crippen molar-refractivity contribution < 1.29 is 9.18 Å². The first kappa shape index (κ1) is 15.7. The Balaban J connectivity index is 1.90. The molecule has 4 nitrogen and oxygen atoms in total. The molecule has 0 aliphatic carbocycles. The molecule has 0 unspecified atom stereocenters. The number of carbonyl (C=O) groups is 1. The van der Waals surface area contributed by atoms with Crippen LogP contribution in [0.3, 0.4) is 0 Å². The Bertz CT molecular complexity index is 836. The SMILES string of the molecule is CCCNC(=O)c1cc2c(C)nn(Cc3ccc(F)cc3)c2s1. The van der Waals surface area contributed by atoms with E-state index >= 15 is 0 Å². The van der Waals surface area contributed by atoms with Gasteiger partial charge in [0.25, 0.3) is 5.91 Å². The average Bonchev–Trinajstić information content (AvgIpc) is 3.09. The lowest BCUT2D eigenvalue weighted by molar-refractivity contribution is 0.0958. The number of nitrogens with zero attached hydrogens (tertiary/aromatic N) is 2. The quantitative estimate of drug-likeness (QED) is 0.774. The molecule has 3 rings (SSSR count). The fourth-order valence-electron chi connectivity index (χ4n) is 2.42. The number of benzene rings is 1. The Morgan fingerprint density at radius 1 is 1.35 bits per heavy atom. The molecule has 6 heteroatoms. The number of rotatable bonds is 5. The monoisotopic (exact) mass is 331 g/mol. The zero-order chi connectivity index (χ0) is 16.4. The van der Waals surface area contributed by atoms with Gasteiger partial charge in [-0.2, -0.15) is 5.10 Å². The van der Waals surface area contributed by atoms with Crippen molar-refractivity contribution in [3.63, 3.8) is 0 Å². The molecule has 120 valence electrons. The van der Waals surface area contributed by atoms with Gasteiger partial charge in [0.05, 0.1) is 17.1 Å². The van der Waals surface area contributed by atoms with Crippen molar-refractivity contribution in [2.75, 3.05) is 6.54 Å². The maximum absolute atomic E-state index is 13.0. The van der Waals surface area contributed by atoms with Gasteiger partial charge in [0.2, 0.25) is 0 Å². The summed E-state index contributed by atoms with van der Waals surface area (Å²) < 4.78 is 14.9. The topological polar surface area (TPSA) is 46.9 Å². The van der Waals surface area contributed by atoms with Crippen LogP contribution in [0.15, 0.2) is 30.3 Å². The van der Waals surface area contributed by atoms with Gasteiger partial charge < -0.3 is 5.32 Å². The van der Waals surface area contributed by atoms with Crippen LogP contribution in [0.1, 0.15) is 34.3 Å². The van der Waals surface area contributed by atoms with Crippen LogP contribution in [-0.4, -0.2) is 22.2 Å². The summed E-state index contributed by atoms with van der Waals surface area (Å²) in [6, 6.07) is 8.29. The van der Waals surface area contributed by atoms with Gasteiger partial charge in [-0.1, -0.05) is 19.1 Å². The molecule has 23 heavy (non-hydrogen) atoms. The normalized spacial score (nSPS) is 11.1. The summed E-state index contributed by atoms with van der Waals surface area (Å²) in [6.45, 7) is 5.19. The molecule has 2 heterocycles. The minimum absolute atomic E-state index is 0.0409. The Kier molecular flexibility index (Phi) is 4.43. The summed E-state index contributed by atoms with van der Waals surface area (Å²) in [5, 5.41) is 8.42. The van der Waals surface area contributed by atoms with Gasteiger partial charge in [0.1, 0.15) is 10.6 Å². The zero-order valence-electron chi connectivity index (χ0n) is 13.1. The van der Waals surface area contributed by atoms with Gasteiger partial charge in [-0.05, 0) is 37.1 Å². The molecule has 0 fully saturated rings. The van der Waals surface area contributed by atoms with Gasteiger partial charge in [0.15, 0.2) is 0 Å². The fourth-order valence-corrected chi connectivity index (χ4v) is 3.50.